The minimum atomic E-state index is -5.03. The second-order valence-electron chi connectivity index (χ2n) is 7.77. The molecule has 1 N–H and O–H groups in total. The summed E-state index contributed by atoms with van der Waals surface area (Å²) in [5.74, 6) is -0.583. The van der Waals surface area contributed by atoms with Crippen LogP contribution in [0.25, 0.3) is 0 Å². The van der Waals surface area contributed by atoms with Crippen LogP contribution in [0.4, 0.5) is 23.2 Å². The van der Waals surface area contributed by atoms with Crippen LogP contribution in [-0.4, -0.2) is 17.5 Å². The molecule has 6 heteroatoms. The first-order valence-corrected chi connectivity index (χ1v) is 11.3. The van der Waals surface area contributed by atoms with E-state index < -0.39 is 23.2 Å². The zero-order chi connectivity index (χ0) is 24.5. The molecule has 0 fully saturated rings. The highest BCUT2D eigenvalue weighted by Crippen LogP contribution is 2.46. The summed E-state index contributed by atoms with van der Waals surface area (Å²) in [6.45, 7) is 11.5. The van der Waals surface area contributed by atoms with Gasteiger partial charge in [-0.1, -0.05) is 65.7 Å². The van der Waals surface area contributed by atoms with Gasteiger partial charge in [0.1, 0.15) is 5.82 Å². The van der Waals surface area contributed by atoms with E-state index in [-0.39, 0.29) is 17.9 Å². The van der Waals surface area contributed by atoms with Crippen molar-refractivity contribution in [3.05, 3.63) is 64.5 Å². The van der Waals surface area contributed by atoms with E-state index in [1.54, 1.807) is 19.9 Å². The van der Waals surface area contributed by atoms with Gasteiger partial charge in [0.15, 0.2) is 0 Å². The Bertz CT molecular complexity index is 892. The number of aryl methyl sites for hydroxylation is 2. The van der Waals surface area contributed by atoms with E-state index in [4.69, 9.17) is 0 Å². The lowest BCUT2D eigenvalue weighted by atomic mass is 9.81. The molecule has 2 aromatic rings. The van der Waals surface area contributed by atoms with Gasteiger partial charge in [-0.3, -0.25) is 4.99 Å². The van der Waals surface area contributed by atoms with Crippen LogP contribution >= 0.6 is 0 Å². The van der Waals surface area contributed by atoms with Gasteiger partial charge in [0.2, 0.25) is 5.60 Å². The highest BCUT2D eigenvalue weighted by molar-refractivity contribution is 5.68. The number of nitrogens with zero attached hydrogens (tertiary/aromatic N) is 1. The molecule has 0 spiro atoms. The van der Waals surface area contributed by atoms with Crippen molar-refractivity contribution in [3.63, 3.8) is 0 Å². The average Bonchev–Trinajstić information content (AvgIpc) is 2.76. The summed E-state index contributed by atoms with van der Waals surface area (Å²) < 4.78 is 56.1. The van der Waals surface area contributed by atoms with E-state index >= 15 is 0 Å². The summed E-state index contributed by atoms with van der Waals surface area (Å²) in [5, 5.41) is 10.9. The number of halogens is 4. The fourth-order valence-corrected chi connectivity index (χ4v) is 3.50. The van der Waals surface area contributed by atoms with E-state index in [9.17, 15) is 22.7 Å². The van der Waals surface area contributed by atoms with Gasteiger partial charge in [0, 0.05) is 17.3 Å². The molecule has 0 bridgehead atoms. The molecule has 0 aromatic heterocycles. The molecule has 0 saturated carbocycles. The van der Waals surface area contributed by atoms with Crippen molar-refractivity contribution >= 4 is 11.9 Å². The first-order valence-electron chi connectivity index (χ1n) is 11.3. The molecule has 0 aliphatic carbocycles. The average molecular weight is 454 g/mol. The van der Waals surface area contributed by atoms with Crippen LogP contribution in [-0.2, 0) is 12.0 Å². The zero-order valence-electron chi connectivity index (χ0n) is 19.9. The summed E-state index contributed by atoms with van der Waals surface area (Å²) in [6.07, 6.45) is 0.207. The molecule has 2 unspecified atom stereocenters. The quantitative estimate of drug-likeness (QED) is 0.318. The van der Waals surface area contributed by atoms with Crippen molar-refractivity contribution < 1.29 is 22.7 Å². The van der Waals surface area contributed by atoms with Crippen molar-refractivity contribution in [2.75, 3.05) is 0 Å². The fourth-order valence-electron chi connectivity index (χ4n) is 3.50. The van der Waals surface area contributed by atoms with Gasteiger partial charge in [0.05, 0.1) is 5.69 Å². The zero-order valence-corrected chi connectivity index (χ0v) is 19.9. The number of rotatable bonds is 8. The molecule has 0 radical (unpaired) electrons. The second-order valence-corrected chi connectivity index (χ2v) is 7.77. The maximum Gasteiger partial charge on any atom is 0.425 e. The van der Waals surface area contributed by atoms with Crippen LogP contribution in [0, 0.1) is 18.7 Å². The molecule has 32 heavy (non-hydrogen) atoms. The van der Waals surface area contributed by atoms with Crippen LogP contribution in [0.5, 0.6) is 0 Å². The van der Waals surface area contributed by atoms with Gasteiger partial charge in [-0.2, -0.15) is 13.2 Å². The van der Waals surface area contributed by atoms with Gasteiger partial charge in [-0.15, -0.1) is 0 Å². The molecule has 178 valence electrons. The smallest absolute Gasteiger partial charge is 0.372 e. The summed E-state index contributed by atoms with van der Waals surface area (Å²) in [6, 6.07) is 6.93. The fraction of sp³-hybridized carbons (Fsp3) is 0.500. The first-order chi connectivity index (χ1) is 15.0. The molecule has 2 aromatic carbocycles. The molecule has 0 saturated heterocycles. The Kier molecular flexibility index (Phi) is 10.6. The van der Waals surface area contributed by atoms with Crippen molar-refractivity contribution in [2.45, 2.75) is 79.0 Å². The summed E-state index contributed by atoms with van der Waals surface area (Å²) >= 11 is 0. The minimum absolute atomic E-state index is 0.258. The number of aliphatic hydroxyl groups is 1. The summed E-state index contributed by atoms with van der Waals surface area (Å²) in [5.41, 5.74) is -2.75. The largest absolute Gasteiger partial charge is 0.425 e. The molecule has 2 rings (SSSR count). The Balaban J connectivity index is 0.00000249. The number of hydrogen-bond donors (Lipinski definition) is 1. The number of benzene rings is 2. The highest BCUT2D eigenvalue weighted by Gasteiger charge is 2.57. The Morgan fingerprint density at radius 2 is 1.75 bits per heavy atom. The van der Waals surface area contributed by atoms with Crippen LogP contribution in [0.15, 0.2) is 41.4 Å². The topological polar surface area (TPSA) is 32.6 Å². The van der Waals surface area contributed by atoms with Gasteiger partial charge >= 0.3 is 6.18 Å². The van der Waals surface area contributed by atoms with E-state index in [0.29, 0.717) is 16.8 Å². The second kappa shape index (κ2) is 12.1. The Morgan fingerprint density at radius 1 is 1.09 bits per heavy atom. The third-order valence-corrected chi connectivity index (χ3v) is 5.33. The number of alkyl halides is 3. The van der Waals surface area contributed by atoms with Crippen LogP contribution in [0.2, 0.25) is 0 Å². The standard InChI is InChI=1S/C24H29F4NO.C2H6/c1-5-7-9-16(3)15-29-22-13-18(6-2)21(12-17(22)4)23(30,24(26,27)28)19-10-8-11-20(25)14-19;1-2/h8,10-16,30H,5-7,9H2,1-4H3;1-2H3. The summed E-state index contributed by atoms with van der Waals surface area (Å²) in [7, 11) is 0. The molecule has 2 atom stereocenters. The molecule has 0 amide bonds. The Hall–Kier alpha value is -2.21. The predicted octanol–water partition coefficient (Wildman–Crippen LogP) is 8.05. The summed E-state index contributed by atoms with van der Waals surface area (Å²) in [4.78, 5) is 4.49. The van der Waals surface area contributed by atoms with Crippen LogP contribution in [0.1, 0.15) is 76.1 Å². The third kappa shape index (κ3) is 6.41. The Labute approximate surface area is 189 Å². The van der Waals surface area contributed by atoms with E-state index in [1.807, 2.05) is 20.1 Å². The molecule has 2 nitrogen and oxygen atoms in total. The lowest BCUT2D eigenvalue weighted by molar-refractivity contribution is -0.248. The van der Waals surface area contributed by atoms with Gasteiger partial charge in [-0.05, 0) is 55.0 Å². The van der Waals surface area contributed by atoms with Crippen molar-refractivity contribution in [2.24, 2.45) is 10.9 Å². The maximum absolute atomic E-state index is 14.1. The van der Waals surface area contributed by atoms with Crippen molar-refractivity contribution in [3.8, 4) is 0 Å². The highest BCUT2D eigenvalue weighted by atomic mass is 19.4. The molecular weight excluding hydrogens is 418 g/mol. The normalized spacial score (nSPS) is 14.6. The number of unbranched alkanes of at least 4 members (excludes halogenated alkanes) is 1. The molecule has 0 aliphatic rings. The van der Waals surface area contributed by atoms with Gasteiger partial charge < -0.3 is 5.11 Å². The Morgan fingerprint density at radius 3 is 2.28 bits per heavy atom. The van der Waals surface area contributed by atoms with E-state index in [2.05, 4.69) is 18.8 Å². The van der Waals surface area contributed by atoms with Crippen LogP contribution < -0.4 is 0 Å². The minimum Gasteiger partial charge on any atom is -0.372 e. The monoisotopic (exact) mass is 453 g/mol. The number of aliphatic imine (C=N–C) groups is 1. The molecule has 0 aliphatic heterocycles. The van der Waals surface area contributed by atoms with E-state index in [0.717, 1.165) is 43.5 Å². The van der Waals surface area contributed by atoms with E-state index in [1.165, 1.54) is 6.07 Å². The predicted molar refractivity (Wildman–Crippen MR) is 124 cm³/mol. The number of hydrogen-bond acceptors (Lipinski definition) is 2. The van der Waals surface area contributed by atoms with Crippen molar-refractivity contribution in [1.82, 2.24) is 0 Å². The SMILES string of the molecule is CC.CCCCC(C)C=Nc1cc(CC)c(C(O)(c2cccc(F)c2)C(F)(F)F)cc1C. The van der Waals surface area contributed by atoms with Gasteiger partial charge in [0.25, 0.3) is 0 Å². The van der Waals surface area contributed by atoms with Crippen molar-refractivity contribution in [1.29, 1.82) is 0 Å². The first kappa shape index (κ1) is 27.8. The lowest BCUT2D eigenvalue weighted by Crippen LogP contribution is -2.44. The molecule has 0 heterocycles. The molecular formula is C26H35F4NO. The van der Waals surface area contributed by atoms with Gasteiger partial charge in [-0.25, -0.2) is 4.39 Å². The lowest BCUT2D eigenvalue weighted by Gasteiger charge is -2.33. The maximum atomic E-state index is 14.1. The van der Waals surface area contributed by atoms with Crippen LogP contribution in [0.3, 0.4) is 0 Å². The third-order valence-electron chi connectivity index (χ3n) is 5.33.